The van der Waals surface area contributed by atoms with E-state index in [9.17, 15) is 8.42 Å². The number of hydrogen-bond donors (Lipinski definition) is 1. The summed E-state index contributed by atoms with van der Waals surface area (Å²) >= 11 is 0. The van der Waals surface area contributed by atoms with Gasteiger partial charge in [0.25, 0.3) is 0 Å². The molecule has 90 valence electrons. The summed E-state index contributed by atoms with van der Waals surface area (Å²) in [4.78, 5) is 0. The first-order chi connectivity index (χ1) is 7.06. The highest BCUT2D eigenvalue weighted by Gasteiger charge is 2.23. The van der Waals surface area contributed by atoms with Crippen LogP contribution in [-0.4, -0.2) is 45.2 Å². The Balaban J connectivity index is 2.54. The predicted octanol–water partition coefficient (Wildman–Crippen LogP) is 0.658. The molecule has 0 spiro atoms. The predicted molar refractivity (Wildman–Crippen MR) is 62.3 cm³/mol. The third kappa shape index (κ3) is 4.09. The molecule has 1 atom stereocenters. The lowest BCUT2D eigenvalue weighted by molar-refractivity contribution is 0.416. The van der Waals surface area contributed by atoms with Crippen LogP contribution in [0.3, 0.4) is 0 Å². The Morgan fingerprint density at radius 2 is 2.07 bits per heavy atom. The molecule has 1 fully saturated rings. The van der Waals surface area contributed by atoms with Gasteiger partial charge < -0.3 is 5.32 Å². The maximum atomic E-state index is 11.9. The third-order valence-corrected chi connectivity index (χ3v) is 4.85. The zero-order valence-electron chi connectivity index (χ0n) is 9.70. The van der Waals surface area contributed by atoms with Crippen molar-refractivity contribution in [1.82, 2.24) is 9.62 Å². The molecule has 15 heavy (non-hydrogen) atoms. The van der Waals surface area contributed by atoms with E-state index in [4.69, 9.17) is 0 Å². The van der Waals surface area contributed by atoms with E-state index in [0.717, 1.165) is 19.3 Å². The van der Waals surface area contributed by atoms with Crippen molar-refractivity contribution in [2.75, 3.05) is 32.4 Å². The van der Waals surface area contributed by atoms with Crippen LogP contribution in [0.5, 0.6) is 0 Å². The number of hydrogen-bond acceptors (Lipinski definition) is 3. The van der Waals surface area contributed by atoms with Crippen molar-refractivity contribution in [2.45, 2.75) is 26.2 Å². The van der Waals surface area contributed by atoms with Gasteiger partial charge >= 0.3 is 0 Å². The molecule has 0 saturated carbocycles. The smallest absolute Gasteiger partial charge is 0.215 e. The van der Waals surface area contributed by atoms with Crippen LogP contribution in [0.25, 0.3) is 0 Å². The van der Waals surface area contributed by atoms with Gasteiger partial charge in [-0.15, -0.1) is 0 Å². The SMILES string of the molecule is CNCCS(=O)(=O)N1CCCC(C)CC1. The number of sulfonamides is 1. The second kappa shape index (κ2) is 5.82. The summed E-state index contributed by atoms with van der Waals surface area (Å²) < 4.78 is 25.4. The average molecular weight is 234 g/mol. The summed E-state index contributed by atoms with van der Waals surface area (Å²) in [5.74, 6) is 0.882. The molecule has 0 aromatic carbocycles. The highest BCUT2D eigenvalue weighted by molar-refractivity contribution is 7.89. The zero-order valence-corrected chi connectivity index (χ0v) is 10.5. The van der Waals surface area contributed by atoms with Crippen LogP contribution >= 0.6 is 0 Å². The minimum Gasteiger partial charge on any atom is -0.319 e. The molecule has 5 heteroatoms. The lowest BCUT2D eigenvalue weighted by atomic mass is 10.0. The van der Waals surface area contributed by atoms with E-state index in [1.54, 1.807) is 11.4 Å². The number of rotatable bonds is 4. The molecule has 1 rings (SSSR count). The quantitative estimate of drug-likeness (QED) is 0.777. The van der Waals surface area contributed by atoms with Gasteiger partial charge in [0.15, 0.2) is 0 Å². The molecular formula is C10H22N2O2S. The number of nitrogens with zero attached hydrogens (tertiary/aromatic N) is 1. The zero-order chi connectivity index (χ0) is 11.3. The molecule has 0 aromatic rings. The summed E-state index contributed by atoms with van der Waals surface area (Å²) in [5, 5.41) is 2.88. The molecule has 1 heterocycles. The molecule has 0 amide bonds. The normalized spacial score (nSPS) is 25.1. The van der Waals surface area contributed by atoms with Crippen LogP contribution in [0.4, 0.5) is 0 Å². The molecule has 1 aliphatic heterocycles. The molecule has 0 bridgehead atoms. The second-order valence-electron chi connectivity index (χ2n) is 4.35. The standard InChI is InChI=1S/C10H22N2O2S/c1-10-4-3-7-12(8-5-10)15(13,14)9-6-11-2/h10-11H,3-9H2,1-2H3. The molecule has 1 saturated heterocycles. The van der Waals surface area contributed by atoms with E-state index in [1.807, 2.05) is 0 Å². The molecule has 0 radical (unpaired) electrons. The summed E-state index contributed by atoms with van der Waals surface area (Å²) in [7, 11) is -1.24. The Labute approximate surface area is 93.1 Å². The fourth-order valence-corrected chi connectivity index (χ4v) is 3.39. The Hall–Kier alpha value is -0.130. The van der Waals surface area contributed by atoms with Crippen LogP contribution in [0, 0.1) is 5.92 Å². The van der Waals surface area contributed by atoms with E-state index in [2.05, 4.69) is 12.2 Å². The Bertz CT molecular complexity index is 277. The first-order valence-electron chi connectivity index (χ1n) is 5.68. The van der Waals surface area contributed by atoms with Crippen LogP contribution < -0.4 is 5.32 Å². The minimum atomic E-state index is -3.02. The van der Waals surface area contributed by atoms with Gasteiger partial charge in [-0.3, -0.25) is 0 Å². The Morgan fingerprint density at radius 1 is 1.33 bits per heavy atom. The van der Waals surface area contributed by atoms with Crippen molar-refractivity contribution in [3.63, 3.8) is 0 Å². The van der Waals surface area contributed by atoms with E-state index in [1.165, 1.54) is 0 Å². The summed E-state index contributed by atoms with van der Waals surface area (Å²) in [6.45, 7) is 4.14. The third-order valence-electron chi connectivity index (χ3n) is 2.98. The van der Waals surface area contributed by atoms with E-state index in [-0.39, 0.29) is 5.75 Å². The van der Waals surface area contributed by atoms with Crippen molar-refractivity contribution in [1.29, 1.82) is 0 Å². The highest BCUT2D eigenvalue weighted by Crippen LogP contribution is 2.18. The van der Waals surface area contributed by atoms with Gasteiger partial charge in [-0.1, -0.05) is 6.92 Å². The Kier molecular flexibility index (Phi) is 5.02. The van der Waals surface area contributed by atoms with Gasteiger partial charge in [-0.25, -0.2) is 12.7 Å². The van der Waals surface area contributed by atoms with E-state index in [0.29, 0.717) is 25.6 Å². The summed E-state index contributed by atoms with van der Waals surface area (Å²) in [6.07, 6.45) is 3.15. The van der Waals surface area contributed by atoms with Gasteiger partial charge in [0.2, 0.25) is 10.0 Å². The van der Waals surface area contributed by atoms with Crippen molar-refractivity contribution < 1.29 is 8.42 Å². The topological polar surface area (TPSA) is 49.4 Å². The van der Waals surface area contributed by atoms with Gasteiger partial charge in [0.1, 0.15) is 0 Å². The first kappa shape index (κ1) is 12.9. The molecule has 1 unspecified atom stereocenters. The fraction of sp³-hybridized carbons (Fsp3) is 1.00. The maximum absolute atomic E-state index is 11.9. The first-order valence-corrected chi connectivity index (χ1v) is 7.29. The van der Waals surface area contributed by atoms with Gasteiger partial charge in [0, 0.05) is 19.6 Å². The summed E-state index contributed by atoms with van der Waals surface area (Å²) in [5.41, 5.74) is 0. The molecule has 1 aliphatic rings. The summed E-state index contributed by atoms with van der Waals surface area (Å²) in [6, 6.07) is 0. The Morgan fingerprint density at radius 3 is 2.73 bits per heavy atom. The van der Waals surface area contributed by atoms with Crippen LogP contribution in [0.1, 0.15) is 26.2 Å². The highest BCUT2D eigenvalue weighted by atomic mass is 32.2. The van der Waals surface area contributed by atoms with Crippen LogP contribution in [0.15, 0.2) is 0 Å². The van der Waals surface area contributed by atoms with Gasteiger partial charge in [-0.2, -0.15) is 0 Å². The minimum absolute atomic E-state index is 0.220. The largest absolute Gasteiger partial charge is 0.319 e. The lowest BCUT2D eigenvalue weighted by Gasteiger charge is -2.19. The molecule has 1 N–H and O–H groups in total. The van der Waals surface area contributed by atoms with Crippen molar-refractivity contribution in [3.05, 3.63) is 0 Å². The van der Waals surface area contributed by atoms with Crippen LogP contribution in [-0.2, 0) is 10.0 Å². The van der Waals surface area contributed by atoms with Crippen molar-refractivity contribution in [3.8, 4) is 0 Å². The van der Waals surface area contributed by atoms with Gasteiger partial charge in [-0.05, 0) is 32.2 Å². The monoisotopic (exact) mass is 234 g/mol. The number of nitrogens with one attached hydrogen (secondary N) is 1. The second-order valence-corrected chi connectivity index (χ2v) is 6.44. The van der Waals surface area contributed by atoms with Crippen LogP contribution in [0.2, 0.25) is 0 Å². The fourth-order valence-electron chi connectivity index (χ4n) is 1.87. The molecule has 0 aromatic heterocycles. The molecule has 0 aliphatic carbocycles. The van der Waals surface area contributed by atoms with Crippen molar-refractivity contribution >= 4 is 10.0 Å². The van der Waals surface area contributed by atoms with E-state index >= 15 is 0 Å². The van der Waals surface area contributed by atoms with E-state index < -0.39 is 10.0 Å². The average Bonchev–Trinajstić information content (AvgIpc) is 2.40. The molecular weight excluding hydrogens is 212 g/mol. The molecule has 4 nitrogen and oxygen atoms in total. The van der Waals surface area contributed by atoms with Crippen molar-refractivity contribution in [2.24, 2.45) is 5.92 Å². The van der Waals surface area contributed by atoms with Gasteiger partial charge in [0.05, 0.1) is 5.75 Å². The lowest BCUT2D eigenvalue weighted by Crippen LogP contribution is -2.36. The maximum Gasteiger partial charge on any atom is 0.215 e.